The van der Waals surface area contributed by atoms with Crippen molar-refractivity contribution in [2.75, 3.05) is 0 Å². The fourth-order valence-electron chi connectivity index (χ4n) is 5.29. The lowest BCUT2D eigenvalue weighted by atomic mass is 9.75. The first-order chi connectivity index (χ1) is 10.9. The van der Waals surface area contributed by atoms with Crippen LogP contribution in [0, 0.1) is 0 Å². The Labute approximate surface area is 130 Å². The molecule has 6 bridgehead atoms. The Balaban J connectivity index is 1.70. The molecule has 0 fully saturated rings. The average Bonchev–Trinajstić information content (AvgIpc) is 3.31. The summed E-state index contributed by atoms with van der Waals surface area (Å²) >= 11 is 0. The zero-order valence-electron chi connectivity index (χ0n) is 12.7. The van der Waals surface area contributed by atoms with Crippen LogP contribution in [0.4, 0.5) is 0 Å². The first kappa shape index (κ1) is 12.1. The highest BCUT2D eigenvalue weighted by atomic mass is 16.5. The number of rotatable bonds is 0. The summed E-state index contributed by atoms with van der Waals surface area (Å²) in [6.45, 7) is 0. The van der Waals surface area contributed by atoms with Crippen molar-refractivity contribution in [3.63, 3.8) is 0 Å². The smallest absolute Gasteiger partial charge is 0.103 e. The molecule has 5 aliphatic rings. The second-order valence-electron chi connectivity index (χ2n) is 7.25. The molecule has 6 rings (SSSR count). The number of fused-ring (bicyclic) bond motifs is 9. The Hall–Kier alpha value is -1.38. The van der Waals surface area contributed by atoms with Gasteiger partial charge in [-0.3, -0.25) is 0 Å². The molecule has 0 saturated carbocycles. The van der Waals surface area contributed by atoms with Gasteiger partial charge in [0.1, 0.15) is 24.4 Å². The first-order valence-corrected chi connectivity index (χ1v) is 8.80. The molecule has 0 amide bonds. The molecule has 22 heavy (non-hydrogen) atoms. The molecule has 4 heterocycles. The summed E-state index contributed by atoms with van der Waals surface area (Å²) in [6.07, 6.45) is 17.6. The molecular weight excluding hydrogens is 272 g/mol. The molecule has 0 N–H and O–H groups in total. The topological polar surface area (TPSA) is 18.5 Å². The van der Waals surface area contributed by atoms with Crippen LogP contribution in [0.5, 0.6) is 0 Å². The van der Waals surface area contributed by atoms with Gasteiger partial charge in [0.2, 0.25) is 0 Å². The standard InChI is InChI=1S/C20H20O2/c1-2-4-6-12-19-15-9-7-13(21-15)17(19)11(5-3-1)18-14-8-10-16(22-14)20(12)18/h7-10,13-16H,1-6H2. The van der Waals surface area contributed by atoms with Gasteiger partial charge in [-0.05, 0) is 59.1 Å². The monoisotopic (exact) mass is 292 g/mol. The molecule has 0 saturated heterocycles. The van der Waals surface area contributed by atoms with Crippen LogP contribution in [-0.2, 0) is 22.3 Å². The van der Waals surface area contributed by atoms with E-state index in [1.807, 2.05) is 0 Å². The molecule has 112 valence electrons. The van der Waals surface area contributed by atoms with Gasteiger partial charge in [0.15, 0.2) is 0 Å². The van der Waals surface area contributed by atoms with Crippen LogP contribution in [0.1, 0.15) is 83.5 Å². The number of benzene rings is 1. The Kier molecular flexibility index (Phi) is 2.27. The van der Waals surface area contributed by atoms with Crippen molar-refractivity contribution in [1.29, 1.82) is 0 Å². The van der Waals surface area contributed by atoms with Gasteiger partial charge in [0.05, 0.1) is 0 Å². The van der Waals surface area contributed by atoms with Crippen molar-refractivity contribution < 1.29 is 9.47 Å². The van der Waals surface area contributed by atoms with Gasteiger partial charge >= 0.3 is 0 Å². The third-order valence-corrected chi connectivity index (χ3v) is 6.13. The lowest BCUT2D eigenvalue weighted by Gasteiger charge is -2.26. The van der Waals surface area contributed by atoms with E-state index in [2.05, 4.69) is 24.3 Å². The molecule has 1 aromatic carbocycles. The summed E-state index contributed by atoms with van der Waals surface area (Å²) in [5.41, 5.74) is 9.23. The lowest BCUT2D eigenvalue weighted by molar-refractivity contribution is 0.0829. The van der Waals surface area contributed by atoms with E-state index >= 15 is 0 Å². The fourth-order valence-corrected chi connectivity index (χ4v) is 5.29. The normalized spacial score (nSPS) is 36.2. The van der Waals surface area contributed by atoms with Crippen molar-refractivity contribution in [2.45, 2.75) is 62.9 Å². The van der Waals surface area contributed by atoms with Crippen molar-refractivity contribution in [3.05, 3.63) is 57.7 Å². The van der Waals surface area contributed by atoms with Crippen LogP contribution in [0.15, 0.2) is 24.3 Å². The molecule has 4 atom stereocenters. The lowest BCUT2D eigenvalue weighted by Crippen LogP contribution is -2.14. The van der Waals surface area contributed by atoms with E-state index in [1.165, 1.54) is 60.8 Å². The fraction of sp³-hybridized carbons (Fsp3) is 0.500. The van der Waals surface area contributed by atoms with Crippen molar-refractivity contribution in [3.8, 4) is 0 Å². The van der Waals surface area contributed by atoms with Crippen molar-refractivity contribution >= 4 is 0 Å². The first-order valence-electron chi connectivity index (χ1n) is 8.80. The van der Waals surface area contributed by atoms with Crippen molar-refractivity contribution in [1.82, 2.24) is 0 Å². The summed E-state index contributed by atoms with van der Waals surface area (Å²) in [5, 5.41) is 0. The highest BCUT2D eigenvalue weighted by molar-refractivity contribution is 5.63. The predicted molar refractivity (Wildman–Crippen MR) is 83.7 cm³/mol. The maximum atomic E-state index is 6.23. The van der Waals surface area contributed by atoms with E-state index in [-0.39, 0.29) is 24.4 Å². The third-order valence-electron chi connectivity index (χ3n) is 6.13. The third kappa shape index (κ3) is 1.34. The molecular formula is C20H20O2. The Bertz CT molecular complexity index is 631. The summed E-state index contributed by atoms with van der Waals surface area (Å²) < 4.78 is 12.5. The summed E-state index contributed by atoms with van der Waals surface area (Å²) in [5.74, 6) is 0. The van der Waals surface area contributed by atoms with Crippen LogP contribution in [0.2, 0.25) is 0 Å². The molecule has 4 unspecified atom stereocenters. The van der Waals surface area contributed by atoms with Crippen LogP contribution in [0.25, 0.3) is 0 Å². The van der Waals surface area contributed by atoms with Gasteiger partial charge in [0.25, 0.3) is 0 Å². The Morgan fingerprint density at radius 3 is 1.27 bits per heavy atom. The minimum Gasteiger partial charge on any atom is -0.357 e. The van der Waals surface area contributed by atoms with Crippen molar-refractivity contribution in [2.24, 2.45) is 0 Å². The van der Waals surface area contributed by atoms with E-state index in [1.54, 1.807) is 11.1 Å². The molecule has 1 aliphatic carbocycles. The quantitative estimate of drug-likeness (QED) is 0.645. The van der Waals surface area contributed by atoms with E-state index in [0.29, 0.717) is 0 Å². The summed E-state index contributed by atoms with van der Waals surface area (Å²) in [6, 6.07) is 0. The molecule has 1 aromatic rings. The van der Waals surface area contributed by atoms with Crippen LogP contribution >= 0.6 is 0 Å². The molecule has 2 heteroatoms. The average molecular weight is 292 g/mol. The van der Waals surface area contributed by atoms with Crippen LogP contribution in [0.3, 0.4) is 0 Å². The number of hydrogen-bond donors (Lipinski definition) is 0. The second-order valence-corrected chi connectivity index (χ2v) is 7.25. The minimum absolute atomic E-state index is 0.210. The van der Waals surface area contributed by atoms with Gasteiger partial charge in [-0.2, -0.15) is 0 Å². The molecule has 0 radical (unpaired) electrons. The van der Waals surface area contributed by atoms with Gasteiger partial charge in [-0.15, -0.1) is 0 Å². The van der Waals surface area contributed by atoms with Crippen LogP contribution in [-0.4, -0.2) is 0 Å². The van der Waals surface area contributed by atoms with Crippen LogP contribution < -0.4 is 0 Å². The van der Waals surface area contributed by atoms with Gasteiger partial charge in [0, 0.05) is 0 Å². The predicted octanol–water partition coefficient (Wildman–Crippen LogP) is 4.71. The molecule has 4 aliphatic heterocycles. The van der Waals surface area contributed by atoms with E-state index < -0.39 is 0 Å². The second kappa shape index (κ2) is 4.12. The highest BCUT2D eigenvalue weighted by Gasteiger charge is 2.45. The molecule has 2 nitrogen and oxygen atoms in total. The summed E-state index contributed by atoms with van der Waals surface area (Å²) in [4.78, 5) is 0. The Morgan fingerprint density at radius 1 is 0.545 bits per heavy atom. The zero-order valence-corrected chi connectivity index (χ0v) is 12.7. The molecule has 0 spiro atoms. The minimum atomic E-state index is 0.210. The SMILES string of the molecule is C1=CC2OC1c1c3c4c(c(c12)CCCCCC3)C1C=CC4O1. The van der Waals surface area contributed by atoms with Gasteiger partial charge < -0.3 is 9.47 Å². The highest BCUT2D eigenvalue weighted by Crippen LogP contribution is 2.57. The Morgan fingerprint density at radius 2 is 0.909 bits per heavy atom. The zero-order chi connectivity index (χ0) is 14.3. The van der Waals surface area contributed by atoms with Gasteiger partial charge in [-0.1, -0.05) is 37.1 Å². The van der Waals surface area contributed by atoms with E-state index in [4.69, 9.17) is 9.47 Å². The van der Waals surface area contributed by atoms with E-state index in [0.717, 1.165) is 0 Å². The largest absolute Gasteiger partial charge is 0.357 e. The molecule has 0 aromatic heterocycles. The maximum Gasteiger partial charge on any atom is 0.103 e. The van der Waals surface area contributed by atoms with E-state index in [9.17, 15) is 0 Å². The number of hydrogen-bond acceptors (Lipinski definition) is 2. The number of ether oxygens (including phenoxy) is 2. The van der Waals surface area contributed by atoms with Gasteiger partial charge in [-0.25, -0.2) is 0 Å². The summed E-state index contributed by atoms with van der Waals surface area (Å²) in [7, 11) is 0. The maximum absolute atomic E-state index is 6.23.